The monoisotopic (exact) mass is 276 g/mol. The van der Waals surface area contributed by atoms with Gasteiger partial charge in [-0.1, -0.05) is 26.0 Å². The van der Waals surface area contributed by atoms with Gasteiger partial charge in [0.15, 0.2) is 0 Å². The zero-order valence-corrected chi connectivity index (χ0v) is 12.3. The summed E-state index contributed by atoms with van der Waals surface area (Å²) in [4.78, 5) is 0. The van der Waals surface area contributed by atoms with E-state index in [1.54, 1.807) is 0 Å². The lowest BCUT2D eigenvalue weighted by atomic mass is 9.81. The minimum atomic E-state index is -0.782. The Labute approximate surface area is 120 Å². The van der Waals surface area contributed by atoms with Gasteiger partial charge in [0.25, 0.3) is 0 Å². The van der Waals surface area contributed by atoms with Gasteiger partial charge in [0.1, 0.15) is 5.75 Å². The van der Waals surface area contributed by atoms with Crippen LogP contribution in [0.15, 0.2) is 24.3 Å². The van der Waals surface area contributed by atoms with Crippen LogP contribution in [0.4, 0.5) is 0 Å². The fourth-order valence-electron chi connectivity index (χ4n) is 2.80. The molecular formula is C17H24O3. The Balaban J connectivity index is 1.78. The van der Waals surface area contributed by atoms with Crippen molar-refractivity contribution in [3.05, 3.63) is 29.8 Å². The Morgan fingerprint density at radius 2 is 2.15 bits per heavy atom. The normalized spacial score (nSPS) is 30.5. The molecule has 0 aromatic heterocycles. The second kappa shape index (κ2) is 5.38. The summed E-state index contributed by atoms with van der Waals surface area (Å²) in [6, 6.07) is 7.96. The third-order valence-electron chi connectivity index (χ3n) is 4.33. The molecule has 1 N–H and O–H groups in total. The van der Waals surface area contributed by atoms with Crippen LogP contribution in [0.1, 0.15) is 45.1 Å². The molecule has 1 aromatic carbocycles. The van der Waals surface area contributed by atoms with Crippen molar-refractivity contribution in [1.29, 1.82) is 0 Å². The molecule has 2 atom stereocenters. The molecule has 110 valence electrons. The summed E-state index contributed by atoms with van der Waals surface area (Å²) in [6.45, 7) is 4.90. The predicted molar refractivity (Wildman–Crippen MR) is 77.8 cm³/mol. The first-order valence-electron chi connectivity index (χ1n) is 7.68. The summed E-state index contributed by atoms with van der Waals surface area (Å²) in [6.07, 6.45) is 4.13. The Morgan fingerprint density at radius 3 is 2.85 bits per heavy atom. The molecule has 3 nitrogen and oxygen atoms in total. The Kier molecular flexibility index (Phi) is 3.74. The summed E-state index contributed by atoms with van der Waals surface area (Å²) in [5.41, 5.74) is 0.181. The van der Waals surface area contributed by atoms with Crippen LogP contribution in [0.5, 0.6) is 5.75 Å². The van der Waals surface area contributed by atoms with Gasteiger partial charge < -0.3 is 14.6 Å². The quantitative estimate of drug-likeness (QED) is 0.917. The van der Waals surface area contributed by atoms with E-state index in [-0.39, 0.29) is 6.10 Å². The van der Waals surface area contributed by atoms with Crippen molar-refractivity contribution < 1.29 is 14.6 Å². The van der Waals surface area contributed by atoms with Gasteiger partial charge in [-0.25, -0.2) is 0 Å². The fraction of sp³-hybridized carbons (Fsp3) is 0.647. The maximum atomic E-state index is 11.0. The minimum absolute atomic E-state index is 0.127. The predicted octanol–water partition coefficient (Wildman–Crippen LogP) is 3.25. The summed E-state index contributed by atoms with van der Waals surface area (Å²) >= 11 is 0. The van der Waals surface area contributed by atoms with E-state index in [0.717, 1.165) is 24.2 Å². The van der Waals surface area contributed by atoms with Crippen molar-refractivity contribution in [3.63, 3.8) is 0 Å². The molecule has 2 fully saturated rings. The van der Waals surface area contributed by atoms with Crippen molar-refractivity contribution in [3.8, 4) is 5.75 Å². The van der Waals surface area contributed by atoms with Crippen molar-refractivity contribution in [2.75, 3.05) is 6.61 Å². The van der Waals surface area contributed by atoms with Crippen molar-refractivity contribution >= 4 is 0 Å². The number of benzene rings is 1. The van der Waals surface area contributed by atoms with E-state index in [1.807, 2.05) is 24.3 Å². The lowest BCUT2D eigenvalue weighted by molar-refractivity contribution is -0.121. The zero-order valence-electron chi connectivity index (χ0n) is 12.3. The molecule has 1 saturated carbocycles. The van der Waals surface area contributed by atoms with Crippen LogP contribution >= 0.6 is 0 Å². The molecule has 3 heteroatoms. The molecule has 1 aliphatic heterocycles. The van der Waals surface area contributed by atoms with E-state index in [9.17, 15) is 5.11 Å². The van der Waals surface area contributed by atoms with E-state index in [1.165, 1.54) is 0 Å². The van der Waals surface area contributed by atoms with Crippen molar-refractivity contribution in [2.45, 2.75) is 57.3 Å². The van der Waals surface area contributed by atoms with E-state index in [4.69, 9.17) is 9.47 Å². The molecule has 1 aliphatic carbocycles. The first kappa shape index (κ1) is 13.9. The number of hydrogen-bond acceptors (Lipinski definition) is 3. The summed E-state index contributed by atoms with van der Waals surface area (Å²) in [5, 5.41) is 11.0. The van der Waals surface area contributed by atoms with E-state index in [0.29, 0.717) is 31.5 Å². The average molecular weight is 276 g/mol. The number of rotatable bonds is 4. The van der Waals surface area contributed by atoms with E-state index < -0.39 is 5.60 Å². The van der Waals surface area contributed by atoms with Gasteiger partial charge in [0, 0.05) is 12.8 Å². The Morgan fingerprint density at radius 1 is 1.35 bits per heavy atom. The molecule has 2 aliphatic rings. The molecule has 0 amide bonds. The van der Waals surface area contributed by atoms with Gasteiger partial charge >= 0.3 is 0 Å². The van der Waals surface area contributed by atoms with Crippen molar-refractivity contribution in [1.82, 2.24) is 0 Å². The van der Waals surface area contributed by atoms with Gasteiger partial charge in [-0.15, -0.1) is 0 Å². The molecule has 0 bridgehead atoms. The second-order valence-corrected chi connectivity index (χ2v) is 6.48. The first-order valence-corrected chi connectivity index (χ1v) is 7.68. The first-order chi connectivity index (χ1) is 9.57. The Hall–Kier alpha value is -1.06. The van der Waals surface area contributed by atoms with Crippen LogP contribution in [0.2, 0.25) is 0 Å². The summed E-state index contributed by atoms with van der Waals surface area (Å²) in [5.74, 6) is 1.30. The number of hydrogen-bond donors (Lipinski definition) is 1. The van der Waals surface area contributed by atoms with Crippen LogP contribution < -0.4 is 4.74 Å². The van der Waals surface area contributed by atoms with Crippen LogP contribution in [-0.2, 0) is 10.3 Å². The van der Waals surface area contributed by atoms with E-state index in [2.05, 4.69) is 13.8 Å². The van der Waals surface area contributed by atoms with Gasteiger partial charge in [0.2, 0.25) is 0 Å². The molecule has 0 radical (unpaired) electrons. The maximum absolute atomic E-state index is 11.0. The van der Waals surface area contributed by atoms with Crippen LogP contribution in [0, 0.1) is 5.92 Å². The topological polar surface area (TPSA) is 38.7 Å². The number of aliphatic hydroxyl groups is 1. The Bertz CT molecular complexity index is 467. The smallest absolute Gasteiger partial charge is 0.120 e. The zero-order chi connectivity index (χ0) is 14.2. The average Bonchev–Trinajstić information content (AvgIpc) is 3.23. The van der Waals surface area contributed by atoms with Gasteiger partial charge in [-0.05, 0) is 36.5 Å². The van der Waals surface area contributed by atoms with Gasteiger partial charge in [-0.2, -0.15) is 0 Å². The molecule has 1 saturated heterocycles. The highest BCUT2D eigenvalue weighted by atomic mass is 16.5. The maximum Gasteiger partial charge on any atom is 0.120 e. The number of ether oxygens (including phenoxy) is 2. The summed E-state index contributed by atoms with van der Waals surface area (Å²) < 4.78 is 11.6. The molecule has 20 heavy (non-hydrogen) atoms. The van der Waals surface area contributed by atoms with Crippen LogP contribution in [-0.4, -0.2) is 23.9 Å². The second-order valence-electron chi connectivity index (χ2n) is 6.48. The van der Waals surface area contributed by atoms with Crippen LogP contribution in [0.3, 0.4) is 0 Å². The molecule has 3 rings (SSSR count). The van der Waals surface area contributed by atoms with E-state index >= 15 is 0 Å². The fourth-order valence-corrected chi connectivity index (χ4v) is 2.80. The molecule has 1 heterocycles. The lowest BCUT2D eigenvalue weighted by Crippen LogP contribution is -2.40. The molecule has 2 unspecified atom stereocenters. The van der Waals surface area contributed by atoms with Gasteiger partial charge in [-0.3, -0.25) is 0 Å². The minimum Gasteiger partial charge on any atom is -0.490 e. The third-order valence-corrected chi connectivity index (χ3v) is 4.33. The third kappa shape index (κ3) is 2.99. The SMILES string of the molecule is CC(C)C1CC(O)(c2cccc(OC3CC3)c2)CCO1. The highest BCUT2D eigenvalue weighted by molar-refractivity contribution is 5.33. The van der Waals surface area contributed by atoms with Crippen LogP contribution in [0.25, 0.3) is 0 Å². The highest BCUT2D eigenvalue weighted by Gasteiger charge is 2.38. The van der Waals surface area contributed by atoms with Gasteiger partial charge in [0.05, 0.1) is 24.4 Å². The molecular weight excluding hydrogens is 252 g/mol. The lowest BCUT2D eigenvalue weighted by Gasteiger charge is -2.39. The summed E-state index contributed by atoms with van der Waals surface area (Å²) in [7, 11) is 0. The molecule has 1 aromatic rings. The molecule has 0 spiro atoms. The standard InChI is InChI=1S/C17H24O3/c1-12(2)16-11-17(18,8-9-19-16)13-4-3-5-15(10-13)20-14-6-7-14/h3-5,10,12,14,16,18H,6-9,11H2,1-2H3. The van der Waals surface area contributed by atoms with Crippen molar-refractivity contribution in [2.24, 2.45) is 5.92 Å². The largest absolute Gasteiger partial charge is 0.490 e. The highest BCUT2D eigenvalue weighted by Crippen LogP contribution is 2.38.